The van der Waals surface area contributed by atoms with E-state index in [2.05, 4.69) is 0 Å². The Balaban J connectivity index is 2.17. The maximum atomic E-state index is 12.7. The van der Waals surface area contributed by atoms with Crippen molar-refractivity contribution in [3.8, 4) is 23.0 Å². The molecule has 0 bridgehead atoms. The van der Waals surface area contributed by atoms with Gasteiger partial charge in [0.05, 0.1) is 5.56 Å². The number of aromatic hydroxyl groups is 2. The first-order valence-electron chi connectivity index (χ1n) is 8.51. The van der Waals surface area contributed by atoms with Crippen molar-refractivity contribution in [1.82, 2.24) is 0 Å². The molecule has 3 rings (SSSR count). The van der Waals surface area contributed by atoms with Crippen LogP contribution in [0.5, 0.6) is 23.0 Å². The number of phenolic OH excluding ortho intramolecular Hbond substituents is 2. The van der Waals surface area contributed by atoms with Gasteiger partial charge in [0.25, 0.3) is 0 Å². The van der Waals surface area contributed by atoms with Gasteiger partial charge in [0.1, 0.15) is 11.5 Å². The minimum absolute atomic E-state index is 0.0226. The van der Waals surface area contributed by atoms with Crippen LogP contribution in [0.25, 0.3) is 0 Å². The van der Waals surface area contributed by atoms with Crippen molar-refractivity contribution in [3.63, 3.8) is 0 Å². The van der Waals surface area contributed by atoms with E-state index in [0.29, 0.717) is 6.42 Å². The van der Waals surface area contributed by atoms with Gasteiger partial charge in [0, 0.05) is 28.7 Å². The quantitative estimate of drug-likeness (QED) is 0.517. The van der Waals surface area contributed by atoms with Crippen LogP contribution in [0.2, 0.25) is 0 Å². The Morgan fingerprint density at radius 2 is 1.63 bits per heavy atom. The molecule has 0 saturated heterocycles. The lowest BCUT2D eigenvalue weighted by Gasteiger charge is -2.28. The monoisotopic (exact) mass is 368 g/mol. The van der Waals surface area contributed by atoms with Crippen LogP contribution in [0.15, 0.2) is 18.2 Å². The molecule has 2 N–H and O–H groups in total. The summed E-state index contributed by atoms with van der Waals surface area (Å²) in [6.07, 6.45) is 2.16. The minimum atomic E-state index is -1.05. The molecule has 0 atom stereocenters. The topological polar surface area (TPSA) is 138 Å². The molecule has 2 aromatic carbocycles. The molecule has 1 aliphatic carbocycles. The molecule has 0 aliphatic heterocycles. The summed E-state index contributed by atoms with van der Waals surface area (Å²) in [6, 6.07) is 2.64. The van der Waals surface area contributed by atoms with Crippen molar-refractivity contribution < 1.29 is 34.8 Å². The average Bonchev–Trinajstić information content (AvgIpc) is 2.58. The zero-order chi connectivity index (χ0) is 19.9. The van der Waals surface area contributed by atoms with E-state index in [0.717, 1.165) is 31.0 Å². The van der Waals surface area contributed by atoms with Gasteiger partial charge in [-0.15, -0.1) is 0 Å². The number of rotatable bonds is 5. The third kappa shape index (κ3) is 2.91. The Labute approximate surface area is 154 Å². The van der Waals surface area contributed by atoms with Crippen LogP contribution in [0, 0.1) is 0 Å². The highest BCUT2D eigenvalue weighted by Crippen LogP contribution is 2.41. The molecule has 0 unspecified atom stereocenters. The van der Waals surface area contributed by atoms with Gasteiger partial charge in [-0.2, -0.15) is 0 Å². The van der Waals surface area contributed by atoms with Gasteiger partial charge in [-0.25, -0.2) is 0 Å². The van der Waals surface area contributed by atoms with Crippen LogP contribution in [-0.4, -0.2) is 27.6 Å². The van der Waals surface area contributed by atoms with Gasteiger partial charge in [0.2, 0.25) is 0 Å². The first-order valence-corrected chi connectivity index (χ1v) is 8.51. The fourth-order valence-electron chi connectivity index (χ4n) is 3.26. The molecule has 0 fully saturated rings. The summed E-state index contributed by atoms with van der Waals surface area (Å²) in [5, 5.41) is 44.5. The Morgan fingerprint density at radius 3 is 2.30 bits per heavy atom. The Hall–Kier alpha value is -3.35. The van der Waals surface area contributed by atoms with E-state index in [4.69, 9.17) is 0 Å². The van der Waals surface area contributed by atoms with Crippen LogP contribution in [-0.2, 0) is 0 Å². The highest BCUT2D eigenvalue weighted by atomic mass is 16.3. The van der Waals surface area contributed by atoms with Crippen LogP contribution in [0.3, 0.4) is 0 Å². The number of Topliss-reactive ketones (excluding diaryl/α,β-unsaturated/α-hetero) is 1. The lowest BCUT2D eigenvalue weighted by atomic mass is 9.81. The minimum Gasteiger partial charge on any atom is -0.872 e. The van der Waals surface area contributed by atoms with Crippen molar-refractivity contribution in [2.24, 2.45) is 0 Å². The number of benzene rings is 2. The van der Waals surface area contributed by atoms with E-state index in [1.54, 1.807) is 0 Å². The number of unbranched alkanes of at least 4 members (excludes halogenated alkanes) is 2. The summed E-state index contributed by atoms with van der Waals surface area (Å²) in [5.41, 5.74) is -2.37. The fraction of sp³-hybridized carbons (Fsp3) is 0.250. The molecule has 27 heavy (non-hydrogen) atoms. The molecule has 7 heteroatoms. The van der Waals surface area contributed by atoms with Gasteiger partial charge in [-0.05, 0) is 24.6 Å². The standard InChI is InChI=1S/C20H18O7/c1-2-3-4-5-12(22)17-14(24)8-11-16(20(17)27)19(26)15-10(18(11)25)6-9(21)7-13(15)23/h6-8,21,23-24,27H,2-5H2,1H3/p-2. The Bertz CT molecular complexity index is 989. The number of carbonyl (C=O) groups is 3. The predicted molar refractivity (Wildman–Crippen MR) is 90.4 cm³/mol. The fourth-order valence-corrected chi connectivity index (χ4v) is 3.26. The molecule has 0 radical (unpaired) electrons. The predicted octanol–water partition coefficient (Wildman–Crippen LogP) is 1.78. The van der Waals surface area contributed by atoms with Crippen LogP contribution in [0.1, 0.15) is 74.8 Å². The Morgan fingerprint density at radius 1 is 0.963 bits per heavy atom. The normalized spacial score (nSPS) is 12.6. The molecule has 0 spiro atoms. The molecular formula is C20H16O7-2. The van der Waals surface area contributed by atoms with Crippen LogP contribution < -0.4 is 10.2 Å². The van der Waals surface area contributed by atoms with Crippen molar-refractivity contribution in [2.45, 2.75) is 32.6 Å². The smallest absolute Gasteiger partial charge is 0.194 e. The summed E-state index contributed by atoms with van der Waals surface area (Å²) in [5.74, 6) is -5.56. The second-order valence-corrected chi connectivity index (χ2v) is 6.43. The molecule has 1 aliphatic rings. The zero-order valence-electron chi connectivity index (χ0n) is 14.5. The molecule has 7 nitrogen and oxygen atoms in total. The second kappa shape index (κ2) is 6.75. The largest absolute Gasteiger partial charge is 0.872 e. The number of hydrogen-bond donors (Lipinski definition) is 2. The molecule has 0 amide bonds. The number of hydrogen-bond acceptors (Lipinski definition) is 7. The highest BCUT2D eigenvalue weighted by Gasteiger charge is 2.33. The average molecular weight is 368 g/mol. The van der Waals surface area contributed by atoms with E-state index in [1.165, 1.54) is 0 Å². The maximum absolute atomic E-state index is 12.7. The summed E-state index contributed by atoms with van der Waals surface area (Å²) in [4.78, 5) is 37.7. The van der Waals surface area contributed by atoms with Gasteiger partial charge in [-0.1, -0.05) is 31.3 Å². The SMILES string of the molecule is CCCCCC(=O)c1c(O)cc2c(c1[O-])C(=O)c1c([O-])cc(O)cc1C2=O. The first-order chi connectivity index (χ1) is 12.8. The number of carbonyl (C=O) groups excluding carboxylic acids is 3. The molecule has 2 aromatic rings. The molecule has 0 aromatic heterocycles. The van der Waals surface area contributed by atoms with E-state index in [9.17, 15) is 34.8 Å². The summed E-state index contributed by atoms with van der Waals surface area (Å²) >= 11 is 0. The number of fused-ring (bicyclic) bond motifs is 2. The van der Waals surface area contributed by atoms with E-state index >= 15 is 0 Å². The van der Waals surface area contributed by atoms with E-state index in [1.807, 2.05) is 6.92 Å². The zero-order valence-corrected chi connectivity index (χ0v) is 14.5. The van der Waals surface area contributed by atoms with Crippen LogP contribution in [0.4, 0.5) is 0 Å². The van der Waals surface area contributed by atoms with Crippen molar-refractivity contribution in [3.05, 3.63) is 46.0 Å². The summed E-state index contributed by atoms with van der Waals surface area (Å²) in [6.45, 7) is 1.94. The van der Waals surface area contributed by atoms with Gasteiger partial charge >= 0.3 is 0 Å². The van der Waals surface area contributed by atoms with Crippen LogP contribution >= 0.6 is 0 Å². The molecule has 0 heterocycles. The van der Waals surface area contributed by atoms with E-state index in [-0.39, 0.29) is 17.5 Å². The first kappa shape index (κ1) is 18.4. The molecule has 0 saturated carbocycles. The lowest BCUT2D eigenvalue weighted by molar-refractivity contribution is -0.269. The summed E-state index contributed by atoms with van der Waals surface area (Å²) < 4.78 is 0. The highest BCUT2D eigenvalue weighted by molar-refractivity contribution is 6.31. The molecule has 140 valence electrons. The van der Waals surface area contributed by atoms with E-state index < -0.39 is 57.0 Å². The van der Waals surface area contributed by atoms with Crippen molar-refractivity contribution in [2.75, 3.05) is 0 Å². The lowest BCUT2D eigenvalue weighted by Crippen LogP contribution is -2.25. The second-order valence-electron chi connectivity index (χ2n) is 6.43. The maximum Gasteiger partial charge on any atom is 0.194 e. The summed E-state index contributed by atoms with van der Waals surface area (Å²) in [7, 11) is 0. The number of phenols is 2. The number of ketones is 3. The van der Waals surface area contributed by atoms with Crippen molar-refractivity contribution in [1.29, 1.82) is 0 Å². The van der Waals surface area contributed by atoms with Gasteiger partial charge in [0.15, 0.2) is 17.3 Å². The van der Waals surface area contributed by atoms with Gasteiger partial charge in [-0.3, -0.25) is 14.4 Å². The van der Waals surface area contributed by atoms with Gasteiger partial charge < -0.3 is 20.4 Å². The Kier molecular flexibility index (Phi) is 4.61. The third-order valence-electron chi connectivity index (χ3n) is 4.58. The van der Waals surface area contributed by atoms with Crippen molar-refractivity contribution >= 4 is 17.3 Å². The third-order valence-corrected chi connectivity index (χ3v) is 4.58. The molecular weight excluding hydrogens is 352 g/mol.